The van der Waals surface area contributed by atoms with Crippen molar-refractivity contribution in [1.29, 1.82) is 0 Å². The fraction of sp³-hybridized carbons (Fsp3) is 0.222. The van der Waals surface area contributed by atoms with Crippen LogP contribution in [-0.4, -0.2) is 45.0 Å². The van der Waals surface area contributed by atoms with Crippen LogP contribution in [0.25, 0.3) is 6.08 Å². The number of amidine groups is 1. The van der Waals surface area contributed by atoms with Crippen molar-refractivity contribution in [3.63, 3.8) is 0 Å². The first-order valence-electron chi connectivity index (χ1n) is 8.07. The number of hydrogen-bond acceptors (Lipinski definition) is 6. The molecule has 1 fully saturated rings. The van der Waals surface area contributed by atoms with Crippen LogP contribution in [0, 0.1) is 0 Å². The maximum atomic E-state index is 12.5. The van der Waals surface area contributed by atoms with Gasteiger partial charge in [0.2, 0.25) is 5.91 Å². The molecule has 2 aliphatic rings. The first kappa shape index (κ1) is 18.9. The van der Waals surface area contributed by atoms with E-state index in [0.717, 1.165) is 17.9 Å². The highest BCUT2D eigenvalue weighted by atomic mass is 32.2. The summed E-state index contributed by atoms with van der Waals surface area (Å²) in [5.41, 5.74) is 1.06. The van der Waals surface area contributed by atoms with Gasteiger partial charge in [-0.25, -0.2) is 0 Å². The number of aliphatic imine (C=N–C) groups is 1. The molecule has 1 aromatic carbocycles. The minimum absolute atomic E-state index is 0.153. The Kier molecular flexibility index (Phi) is 6.65. The van der Waals surface area contributed by atoms with Gasteiger partial charge in [0.25, 0.3) is 5.91 Å². The number of nitrogens with zero attached hydrogens (tertiary/aromatic N) is 2. The van der Waals surface area contributed by atoms with Crippen LogP contribution < -0.4 is 5.32 Å². The van der Waals surface area contributed by atoms with E-state index in [4.69, 9.17) is 12.2 Å². The molecule has 0 spiro atoms. The van der Waals surface area contributed by atoms with E-state index in [0.29, 0.717) is 14.4 Å². The normalized spacial score (nSPS) is 18.8. The standard InChI is InChI=1S/C18H17N3O2S3/c22-15(20-17-19-10-12-25-17)9-11-21-16(23)14(26-18(21)24)8-4-7-13-5-2-1-3-6-13/h1-8H,9-12H2,(H,19,20,22)/b7-4+,14-8-. The Morgan fingerprint density at radius 1 is 1.35 bits per heavy atom. The van der Waals surface area contributed by atoms with Crippen LogP contribution in [0.15, 0.2) is 52.4 Å². The predicted molar refractivity (Wildman–Crippen MR) is 113 cm³/mol. The highest BCUT2D eigenvalue weighted by Gasteiger charge is 2.31. The lowest BCUT2D eigenvalue weighted by atomic mass is 10.2. The maximum absolute atomic E-state index is 12.5. The maximum Gasteiger partial charge on any atom is 0.266 e. The Labute approximate surface area is 166 Å². The van der Waals surface area contributed by atoms with Crippen LogP contribution in [0.2, 0.25) is 0 Å². The van der Waals surface area contributed by atoms with Gasteiger partial charge in [-0.1, -0.05) is 78.2 Å². The molecule has 26 heavy (non-hydrogen) atoms. The molecule has 8 heteroatoms. The van der Waals surface area contributed by atoms with E-state index in [-0.39, 0.29) is 24.8 Å². The van der Waals surface area contributed by atoms with Gasteiger partial charge in [-0.2, -0.15) is 0 Å². The Bertz CT molecular complexity index is 803. The minimum atomic E-state index is -0.155. The summed E-state index contributed by atoms with van der Waals surface area (Å²) in [4.78, 5) is 30.7. The number of carbonyl (C=O) groups is 2. The molecule has 0 aliphatic carbocycles. The van der Waals surface area contributed by atoms with E-state index in [2.05, 4.69) is 10.3 Å². The number of carbonyl (C=O) groups excluding carboxylic acids is 2. The molecule has 0 saturated carbocycles. The molecular weight excluding hydrogens is 386 g/mol. The molecule has 5 nitrogen and oxygen atoms in total. The topological polar surface area (TPSA) is 61.8 Å². The summed E-state index contributed by atoms with van der Waals surface area (Å²) in [6.45, 7) is 1.00. The lowest BCUT2D eigenvalue weighted by molar-refractivity contribution is -0.123. The van der Waals surface area contributed by atoms with Gasteiger partial charge in [-0.05, 0) is 11.6 Å². The van der Waals surface area contributed by atoms with E-state index in [9.17, 15) is 9.59 Å². The molecular formula is C18H17N3O2S3. The molecule has 1 saturated heterocycles. The van der Waals surface area contributed by atoms with Crippen LogP contribution in [0.4, 0.5) is 0 Å². The number of amides is 2. The van der Waals surface area contributed by atoms with E-state index in [1.807, 2.05) is 42.5 Å². The zero-order chi connectivity index (χ0) is 18.4. The molecule has 2 heterocycles. The Morgan fingerprint density at radius 3 is 2.88 bits per heavy atom. The molecule has 0 aromatic heterocycles. The minimum Gasteiger partial charge on any atom is -0.305 e. The fourth-order valence-corrected chi connectivity index (χ4v) is 4.33. The third kappa shape index (κ3) is 5.06. The molecule has 1 aromatic rings. The van der Waals surface area contributed by atoms with Crippen molar-refractivity contribution in [2.75, 3.05) is 18.8 Å². The Balaban J connectivity index is 1.54. The average molecular weight is 404 g/mol. The number of thiocarbonyl (C=S) groups is 1. The molecule has 1 N–H and O–H groups in total. The van der Waals surface area contributed by atoms with E-state index >= 15 is 0 Å². The molecule has 3 rings (SSSR count). The van der Waals surface area contributed by atoms with Crippen molar-refractivity contribution in [2.45, 2.75) is 6.42 Å². The molecule has 2 aliphatic heterocycles. The number of benzene rings is 1. The Morgan fingerprint density at radius 2 is 2.15 bits per heavy atom. The third-order valence-corrected chi connectivity index (χ3v) is 5.89. The summed E-state index contributed by atoms with van der Waals surface area (Å²) in [5, 5.41) is 3.41. The summed E-state index contributed by atoms with van der Waals surface area (Å²) in [5.74, 6) is 0.587. The number of allylic oxidation sites excluding steroid dienone is 2. The van der Waals surface area contributed by atoms with Crippen LogP contribution in [0.3, 0.4) is 0 Å². The summed E-state index contributed by atoms with van der Waals surface area (Å²) in [6.07, 6.45) is 5.72. The lowest BCUT2D eigenvalue weighted by Crippen LogP contribution is -2.34. The van der Waals surface area contributed by atoms with Gasteiger partial charge >= 0.3 is 0 Å². The van der Waals surface area contributed by atoms with Gasteiger partial charge in [0.1, 0.15) is 4.32 Å². The molecule has 0 radical (unpaired) electrons. The van der Waals surface area contributed by atoms with Gasteiger partial charge in [-0.15, -0.1) is 0 Å². The average Bonchev–Trinajstić information content (AvgIpc) is 3.23. The van der Waals surface area contributed by atoms with Crippen LogP contribution >= 0.6 is 35.7 Å². The van der Waals surface area contributed by atoms with E-state index in [1.165, 1.54) is 28.4 Å². The van der Waals surface area contributed by atoms with Gasteiger partial charge in [0.05, 0.1) is 11.4 Å². The van der Waals surface area contributed by atoms with Crippen molar-refractivity contribution < 1.29 is 9.59 Å². The van der Waals surface area contributed by atoms with Crippen molar-refractivity contribution in [3.8, 4) is 0 Å². The van der Waals surface area contributed by atoms with Crippen LogP contribution in [0.1, 0.15) is 12.0 Å². The summed E-state index contributed by atoms with van der Waals surface area (Å²) >= 11 is 8.07. The SMILES string of the molecule is O=C(CCN1C(=O)/C(=C/C=C/c2ccccc2)SC1=S)NC1=NCCS1. The third-order valence-electron chi connectivity index (χ3n) is 3.60. The number of rotatable bonds is 5. The van der Waals surface area contributed by atoms with Crippen molar-refractivity contribution in [2.24, 2.45) is 4.99 Å². The molecule has 0 unspecified atom stereocenters. The second-order valence-electron chi connectivity index (χ2n) is 5.46. The highest BCUT2D eigenvalue weighted by molar-refractivity contribution is 8.26. The number of hydrogen-bond donors (Lipinski definition) is 1. The van der Waals surface area contributed by atoms with Gasteiger partial charge < -0.3 is 5.32 Å². The van der Waals surface area contributed by atoms with E-state index in [1.54, 1.807) is 6.08 Å². The summed E-state index contributed by atoms with van der Waals surface area (Å²) in [6, 6.07) is 9.85. The van der Waals surface area contributed by atoms with E-state index < -0.39 is 0 Å². The Hall–Kier alpha value is -1.90. The molecule has 0 bridgehead atoms. The molecule has 0 atom stereocenters. The highest BCUT2D eigenvalue weighted by Crippen LogP contribution is 2.31. The smallest absolute Gasteiger partial charge is 0.266 e. The first-order valence-corrected chi connectivity index (χ1v) is 10.3. The quantitative estimate of drug-likeness (QED) is 0.605. The number of thioether (sulfide) groups is 2. The van der Waals surface area contributed by atoms with Gasteiger partial charge in [-0.3, -0.25) is 19.5 Å². The predicted octanol–water partition coefficient (Wildman–Crippen LogP) is 3.05. The monoisotopic (exact) mass is 403 g/mol. The summed E-state index contributed by atoms with van der Waals surface area (Å²) in [7, 11) is 0. The van der Waals surface area contributed by atoms with Gasteiger partial charge in [0.15, 0.2) is 5.17 Å². The first-order chi connectivity index (χ1) is 12.6. The summed E-state index contributed by atoms with van der Waals surface area (Å²) < 4.78 is 0.481. The zero-order valence-electron chi connectivity index (χ0n) is 13.9. The fourth-order valence-electron chi connectivity index (χ4n) is 2.32. The van der Waals surface area contributed by atoms with Crippen LogP contribution in [-0.2, 0) is 9.59 Å². The zero-order valence-corrected chi connectivity index (χ0v) is 16.3. The number of nitrogens with one attached hydrogen (secondary N) is 1. The molecule has 134 valence electrons. The van der Waals surface area contributed by atoms with Crippen LogP contribution in [0.5, 0.6) is 0 Å². The van der Waals surface area contributed by atoms with Crippen molar-refractivity contribution in [1.82, 2.24) is 10.2 Å². The second kappa shape index (κ2) is 9.16. The molecule has 2 amide bonds. The van der Waals surface area contributed by atoms with Crippen molar-refractivity contribution >= 4 is 63.1 Å². The largest absolute Gasteiger partial charge is 0.305 e. The lowest BCUT2D eigenvalue weighted by Gasteiger charge is -2.13. The van der Waals surface area contributed by atoms with Crippen molar-refractivity contribution in [3.05, 3.63) is 53.0 Å². The second-order valence-corrected chi connectivity index (χ2v) is 8.22. The van der Waals surface area contributed by atoms with Gasteiger partial charge in [0, 0.05) is 18.7 Å².